The fourth-order valence-electron chi connectivity index (χ4n) is 2.99. The van der Waals surface area contributed by atoms with Crippen LogP contribution in [0, 0.1) is 0 Å². The molecule has 5 atom stereocenters. The quantitative estimate of drug-likeness (QED) is 0.701. The van der Waals surface area contributed by atoms with E-state index in [9.17, 15) is 9.90 Å². The second-order valence-electron chi connectivity index (χ2n) is 5.91. The van der Waals surface area contributed by atoms with E-state index in [4.69, 9.17) is 15.2 Å². The fraction of sp³-hybridized carbons (Fsp3) is 0.562. The molecule has 0 saturated carbocycles. The summed E-state index contributed by atoms with van der Waals surface area (Å²) in [4.78, 5) is 12.2. The van der Waals surface area contributed by atoms with E-state index in [0.29, 0.717) is 13.0 Å². The molecule has 0 spiro atoms. The number of amides is 1. The Morgan fingerprint density at radius 3 is 2.70 bits per heavy atom. The summed E-state index contributed by atoms with van der Waals surface area (Å²) in [5, 5.41) is 12.6. The minimum absolute atomic E-state index is 0. The van der Waals surface area contributed by atoms with Crippen LogP contribution in [0.2, 0.25) is 0 Å². The van der Waals surface area contributed by atoms with Crippen LogP contribution in [0.4, 0.5) is 0 Å². The second kappa shape index (κ2) is 8.08. The molecule has 23 heavy (non-hydrogen) atoms. The fourth-order valence-corrected chi connectivity index (χ4v) is 2.99. The molecule has 4 N–H and O–H groups in total. The van der Waals surface area contributed by atoms with E-state index in [1.54, 1.807) is 0 Å². The molecule has 0 aliphatic carbocycles. The van der Waals surface area contributed by atoms with Gasteiger partial charge in [0.15, 0.2) is 0 Å². The molecule has 1 aromatic carbocycles. The molecular formula is C16H23ClN2O4. The summed E-state index contributed by atoms with van der Waals surface area (Å²) >= 11 is 0. The Balaban J connectivity index is 0.00000192. The van der Waals surface area contributed by atoms with E-state index >= 15 is 0 Å². The van der Waals surface area contributed by atoms with Crippen molar-refractivity contribution in [1.29, 1.82) is 0 Å². The Labute approximate surface area is 141 Å². The zero-order chi connectivity index (χ0) is 15.5. The van der Waals surface area contributed by atoms with Crippen molar-refractivity contribution in [2.24, 2.45) is 5.73 Å². The lowest BCUT2D eigenvalue weighted by Crippen LogP contribution is -2.50. The molecular weight excluding hydrogens is 320 g/mol. The number of hydrogen-bond donors (Lipinski definition) is 3. The van der Waals surface area contributed by atoms with Crippen molar-refractivity contribution in [1.82, 2.24) is 5.32 Å². The molecule has 2 aliphatic heterocycles. The Morgan fingerprint density at radius 1 is 1.26 bits per heavy atom. The van der Waals surface area contributed by atoms with E-state index in [1.807, 2.05) is 30.3 Å². The van der Waals surface area contributed by atoms with Crippen LogP contribution in [0.1, 0.15) is 12.0 Å². The molecule has 0 radical (unpaired) electrons. The molecule has 3 rings (SSSR count). The SMILES string of the molecule is Cl.N[C@@H](CCc1ccccc1)C(=O)N[C@H]1CO[C@H]2[C@@H]1OC[C@H]2O. The summed E-state index contributed by atoms with van der Waals surface area (Å²) in [6.45, 7) is 0.602. The van der Waals surface area contributed by atoms with E-state index in [1.165, 1.54) is 0 Å². The van der Waals surface area contributed by atoms with Gasteiger partial charge in [0.2, 0.25) is 5.91 Å². The molecule has 1 aromatic rings. The Hall–Kier alpha value is -1.18. The molecule has 2 aliphatic rings. The molecule has 0 aromatic heterocycles. The molecule has 2 fully saturated rings. The third-order valence-corrected chi connectivity index (χ3v) is 4.28. The molecule has 6 nitrogen and oxygen atoms in total. The number of halogens is 1. The second-order valence-corrected chi connectivity index (χ2v) is 5.91. The van der Waals surface area contributed by atoms with Crippen LogP contribution < -0.4 is 11.1 Å². The van der Waals surface area contributed by atoms with Gasteiger partial charge in [-0.2, -0.15) is 0 Å². The first-order valence-electron chi connectivity index (χ1n) is 7.66. The number of fused-ring (bicyclic) bond motifs is 1. The maximum Gasteiger partial charge on any atom is 0.237 e. The summed E-state index contributed by atoms with van der Waals surface area (Å²) < 4.78 is 11.0. The summed E-state index contributed by atoms with van der Waals surface area (Å²) in [6.07, 6.45) is 0.114. The molecule has 0 unspecified atom stereocenters. The van der Waals surface area contributed by atoms with Gasteiger partial charge in [-0.25, -0.2) is 0 Å². The van der Waals surface area contributed by atoms with Gasteiger partial charge in [0.1, 0.15) is 18.3 Å². The van der Waals surface area contributed by atoms with Gasteiger partial charge in [0.05, 0.1) is 25.3 Å². The highest BCUT2D eigenvalue weighted by Gasteiger charge is 2.47. The number of aliphatic hydroxyl groups is 1. The topological polar surface area (TPSA) is 93.8 Å². The third kappa shape index (κ3) is 4.22. The van der Waals surface area contributed by atoms with Crippen LogP contribution in [0.3, 0.4) is 0 Å². The minimum atomic E-state index is -0.612. The summed E-state index contributed by atoms with van der Waals surface area (Å²) in [5.41, 5.74) is 7.13. The van der Waals surface area contributed by atoms with Gasteiger partial charge >= 0.3 is 0 Å². The molecule has 1 amide bonds. The van der Waals surface area contributed by atoms with E-state index in [-0.39, 0.29) is 43.2 Å². The van der Waals surface area contributed by atoms with Gasteiger partial charge in [-0.3, -0.25) is 4.79 Å². The van der Waals surface area contributed by atoms with Crippen LogP contribution in [0.15, 0.2) is 30.3 Å². The zero-order valence-corrected chi connectivity index (χ0v) is 13.6. The lowest BCUT2D eigenvalue weighted by molar-refractivity contribution is -0.123. The number of nitrogens with one attached hydrogen (secondary N) is 1. The van der Waals surface area contributed by atoms with E-state index in [2.05, 4.69) is 5.32 Å². The van der Waals surface area contributed by atoms with Gasteiger partial charge in [0, 0.05) is 0 Å². The molecule has 0 bridgehead atoms. The monoisotopic (exact) mass is 342 g/mol. The van der Waals surface area contributed by atoms with Crippen LogP contribution in [0.5, 0.6) is 0 Å². The average Bonchev–Trinajstić information content (AvgIpc) is 3.10. The number of carbonyl (C=O) groups is 1. The smallest absolute Gasteiger partial charge is 0.237 e. The number of aliphatic hydroxyl groups excluding tert-OH is 1. The predicted octanol–water partition coefficient (Wildman–Crippen LogP) is 0.0116. The number of nitrogens with two attached hydrogens (primary N) is 1. The van der Waals surface area contributed by atoms with Crippen molar-refractivity contribution in [3.05, 3.63) is 35.9 Å². The highest BCUT2D eigenvalue weighted by molar-refractivity contribution is 5.85. The molecule has 2 saturated heterocycles. The summed E-state index contributed by atoms with van der Waals surface area (Å²) in [6, 6.07) is 9.15. The number of aryl methyl sites for hydroxylation is 1. The standard InChI is InChI=1S/C16H22N2O4.ClH/c17-11(7-6-10-4-2-1-3-5-10)16(20)18-12-8-21-15-13(19)9-22-14(12)15;/h1-5,11-15,19H,6-9,17H2,(H,18,20);1H/t11-,12-,13+,14+,15+;/m0./s1. The highest BCUT2D eigenvalue weighted by Crippen LogP contribution is 2.26. The van der Waals surface area contributed by atoms with Crippen LogP contribution in [-0.2, 0) is 20.7 Å². The van der Waals surface area contributed by atoms with Crippen molar-refractivity contribution in [3.63, 3.8) is 0 Å². The number of hydrogen-bond acceptors (Lipinski definition) is 5. The predicted molar refractivity (Wildman–Crippen MR) is 87.4 cm³/mol. The van der Waals surface area contributed by atoms with Gasteiger partial charge in [-0.05, 0) is 18.4 Å². The number of benzene rings is 1. The number of rotatable bonds is 5. The number of ether oxygens (including phenoxy) is 2. The first-order chi connectivity index (χ1) is 10.6. The van der Waals surface area contributed by atoms with Crippen LogP contribution in [0.25, 0.3) is 0 Å². The molecule has 2 heterocycles. The Kier molecular flexibility index (Phi) is 6.38. The Morgan fingerprint density at radius 2 is 1.96 bits per heavy atom. The van der Waals surface area contributed by atoms with Gasteiger partial charge in [-0.15, -0.1) is 12.4 Å². The highest BCUT2D eigenvalue weighted by atomic mass is 35.5. The largest absolute Gasteiger partial charge is 0.388 e. The normalized spacial score (nSPS) is 30.3. The Bertz CT molecular complexity index is 516. The summed E-state index contributed by atoms with van der Waals surface area (Å²) in [7, 11) is 0. The van der Waals surface area contributed by atoms with Gasteiger partial charge in [0.25, 0.3) is 0 Å². The van der Waals surface area contributed by atoms with Crippen LogP contribution in [-0.4, -0.2) is 54.6 Å². The average molecular weight is 343 g/mol. The van der Waals surface area contributed by atoms with Crippen LogP contribution >= 0.6 is 12.4 Å². The van der Waals surface area contributed by atoms with Gasteiger partial charge in [-0.1, -0.05) is 30.3 Å². The van der Waals surface area contributed by atoms with Crippen molar-refractivity contribution in [2.45, 2.75) is 43.2 Å². The van der Waals surface area contributed by atoms with E-state index in [0.717, 1.165) is 12.0 Å². The maximum absolute atomic E-state index is 12.2. The van der Waals surface area contributed by atoms with E-state index < -0.39 is 12.1 Å². The van der Waals surface area contributed by atoms with Crippen molar-refractivity contribution in [2.75, 3.05) is 13.2 Å². The van der Waals surface area contributed by atoms with Crippen molar-refractivity contribution >= 4 is 18.3 Å². The first kappa shape index (κ1) is 18.2. The zero-order valence-electron chi connectivity index (χ0n) is 12.8. The molecule has 7 heteroatoms. The summed E-state index contributed by atoms with van der Waals surface area (Å²) in [5.74, 6) is -0.199. The molecule has 128 valence electrons. The maximum atomic E-state index is 12.2. The lowest BCUT2D eigenvalue weighted by atomic mass is 10.0. The van der Waals surface area contributed by atoms with Crippen molar-refractivity contribution < 1.29 is 19.4 Å². The number of carbonyl (C=O) groups excluding carboxylic acids is 1. The van der Waals surface area contributed by atoms with Gasteiger partial charge < -0.3 is 25.6 Å². The third-order valence-electron chi connectivity index (χ3n) is 4.28. The lowest BCUT2D eigenvalue weighted by Gasteiger charge is -2.20. The first-order valence-corrected chi connectivity index (χ1v) is 7.66. The van der Waals surface area contributed by atoms with Crippen molar-refractivity contribution in [3.8, 4) is 0 Å². The minimum Gasteiger partial charge on any atom is -0.388 e.